The molecule has 2 aromatic rings. The van der Waals surface area contributed by atoms with E-state index in [2.05, 4.69) is 66.4 Å². The lowest BCUT2D eigenvalue weighted by molar-refractivity contribution is 0.0434. The Kier molecular flexibility index (Phi) is 5.25. The molecule has 2 aromatic carbocycles. The van der Waals surface area contributed by atoms with E-state index in [0.29, 0.717) is 5.92 Å². The van der Waals surface area contributed by atoms with Crippen molar-refractivity contribution < 1.29 is 4.74 Å². The Morgan fingerprint density at radius 1 is 1.05 bits per heavy atom. The molecule has 1 unspecified atom stereocenters. The van der Waals surface area contributed by atoms with E-state index >= 15 is 0 Å². The van der Waals surface area contributed by atoms with E-state index in [1.54, 1.807) is 0 Å². The molecule has 0 saturated carbocycles. The van der Waals surface area contributed by atoms with Gasteiger partial charge in [-0.15, -0.1) is 0 Å². The Balaban J connectivity index is 1.60. The average Bonchev–Trinajstić information content (AvgIpc) is 2.59. The summed E-state index contributed by atoms with van der Waals surface area (Å²) in [5.41, 5.74) is 1.45. The molecule has 1 aliphatic rings. The van der Waals surface area contributed by atoms with Gasteiger partial charge in [0.15, 0.2) is 0 Å². The fourth-order valence-corrected chi connectivity index (χ4v) is 3.11. The van der Waals surface area contributed by atoms with Gasteiger partial charge in [0.1, 0.15) is 0 Å². The molecule has 0 bridgehead atoms. The van der Waals surface area contributed by atoms with Crippen LogP contribution in [0.2, 0.25) is 0 Å². The van der Waals surface area contributed by atoms with Crippen LogP contribution in [0.5, 0.6) is 0 Å². The molecule has 1 aliphatic heterocycles. The highest BCUT2D eigenvalue weighted by Gasteiger charge is 2.09. The summed E-state index contributed by atoms with van der Waals surface area (Å²) in [6, 6.07) is 15.3. The topological polar surface area (TPSA) is 12.5 Å². The van der Waals surface area contributed by atoms with Crippen LogP contribution < -0.4 is 0 Å². The number of ether oxygens (including phenoxy) is 1. The number of nitrogens with zero attached hydrogens (tertiary/aromatic N) is 1. The number of hydrogen-bond acceptors (Lipinski definition) is 2. The van der Waals surface area contributed by atoms with Crippen LogP contribution in [0.25, 0.3) is 10.8 Å². The number of rotatable bonds is 5. The van der Waals surface area contributed by atoms with E-state index in [1.807, 2.05) is 0 Å². The number of morpholine rings is 1. The first-order valence-corrected chi connectivity index (χ1v) is 8.27. The van der Waals surface area contributed by atoms with Gasteiger partial charge in [-0.3, -0.25) is 4.90 Å². The van der Waals surface area contributed by atoms with Gasteiger partial charge in [0.05, 0.1) is 13.2 Å². The summed E-state index contributed by atoms with van der Waals surface area (Å²) in [5, 5.41) is 2.73. The van der Waals surface area contributed by atoms with Crippen LogP contribution in [0.1, 0.15) is 24.8 Å². The van der Waals surface area contributed by atoms with Crippen molar-refractivity contribution in [3.8, 4) is 0 Å². The molecule has 22 heavy (non-hydrogen) atoms. The molecule has 0 amide bonds. The van der Waals surface area contributed by atoms with Crippen molar-refractivity contribution in [1.29, 1.82) is 0 Å². The predicted molar refractivity (Wildman–Crippen MR) is 93.4 cm³/mol. The van der Waals surface area contributed by atoms with Crippen LogP contribution in [0, 0.1) is 0 Å². The number of hydrogen-bond donors (Lipinski definition) is 0. The SMILES string of the molecule is CC(C/C=C/CN1CCOCC1)c1cccc2ccccc12. The van der Waals surface area contributed by atoms with Crippen LogP contribution in [0.4, 0.5) is 0 Å². The number of benzene rings is 2. The van der Waals surface area contributed by atoms with Crippen LogP contribution in [-0.4, -0.2) is 37.7 Å². The van der Waals surface area contributed by atoms with Crippen LogP contribution in [0.15, 0.2) is 54.6 Å². The van der Waals surface area contributed by atoms with Crippen molar-refractivity contribution in [2.75, 3.05) is 32.8 Å². The summed E-state index contributed by atoms with van der Waals surface area (Å²) in [6.07, 6.45) is 5.74. The standard InChI is InChI=1S/C20H25NO/c1-17(7-4-5-12-21-13-15-22-16-14-21)19-11-6-9-18-8-2-3-10-20(18)19/h2-6,8-11,17H,7,12-16H2,1H3/b5-4+. The molecule has 1 saturated heterocycles. The molecule has 116 valence electrons. The summed E-state index contributed by atoms with van der Waals surface area (Å²) < 4.78 is 5.38. The summed E-state index contributed by atoms with van der Waals surface area (Å²) in [7, 11) is 0. The number of fused-ring (bicyclic) bond motifs is 1. The van der Waals surface area contributed by atoms with E-state index in [0.717, 1.165) is 39.3 Å². The highest BCUT2D eigenvalue weighted by atomic mass is 16.5. The molecule has 0 N–H and O–H groups in total. The fraction of sp³-hybridized carbons (Fsp3) is 0.400. The molecule has 1 atom stereocenters. The Bertz CT molecular complexity index is 623. The van der Waals surface area contributed by atoms with E-state index in [1.165, 1.54) is 16.3 Å². The van der Waals surface area contributed by atoms with Gasteiger partial charge in [0.2, 0.25) is 0 Å². The Hall–Kier alpha value is -1.64. The minimum absolute atomic E-state index is 0.548. The molecule has 0 radical (unpaired) electrons. The van der Waals surface area contributed by atoms with E-state index in [-0.39, 0.29) is 0 Å². The van der Waals surface area contributed by atoms with Crippen molar-refractivity contribution in [3.05, 3.63) is 60.2 Å². The third kappa shape index (κ3) is 3.76. The monoisotopic (exact) mass is 295 g/mol. The lowest BCUT2D eigenvalue weighted by Gasteiger charge is -2.25. The van der Waals surface area contributed by atoms with Gasteiger partial charge in [-0.1, -0.05) is 61.5 Å². The normalized spacial score (nSPS) is 18.0. The van der Waals surface area contributed by atoms with Crippen molar-refractivity contribution in [1.82, 2.24) is 4.90 Å². The third-order valence-electron chi connectivity index (χ3n) is 4.48. The van der Waals surface area contributed by atoms with Gasteiger partial charge >= 0.3 is 0 Å². The molecule has 0 aromatic heterocycles. The summed E-state index contributed by atoms with van der Waals surface area (Å²) in [4.78, 5) is 2.45. The van der Waals surface area contributed by atoms with Gasteiger partial charge in [0, 0.05) is 19.6 Å². The van der Waals surface area contributed by atoms with E-state index in [9.17, 15) is 0 Å². The zero-order chi connectivity index (χ0) is 15.2. The zero-order valence-corrected chi connectivity index (χ0v) is 13.4. The van der Waals surface area contributed by atoms with Crippen LogP contribution >= 0.6 is 0 Å². The summed E-state index contributed by atoms with van der Waals surface area (Å²) in [5.74, 6) is 0.548. The fourth-order valence-electron chi connectivity index (χ4n) is 3.11. The Morgan fingerprint density at radius 3 is 2.68 bits per heavy atom. The van der Waals surface area contributed by atoms with Crippen LogP contribution in [-0.2, 0) is 4.74 Å². The summed E-state index contributed by atoms with van der Waals surface area (Å²) >= 11 is 0. The molecular weight excluding hydrogens is 270 g/mol. The van der Waals surface area contributed by atoms with Gasteiger partial charge in [-0.2, -0.15) is 0 Å². The zero-order valence-electron chi connectivity index (χ0n) is 13.4. The second-order valence-corrected chi connectivity index (χ2v) is 6.09. The lowest BCUT2D eigenvalue weighted by Crippen LogP contribution is -2.36. The molecule has 2 heteroatoms. The largest absolute Gasteiger partial charge is 0.379 e. The first-order valence-electron chi connectivity index (χ1n) is 8.27. The second-order valence-electron chi connectivity index (χ2n) is 6.09. The van der Waals surface area contributed by atoms with Crippen molar-refractivity contribution >= 4 is 10.8 Å². The maximum Gasteiger partial charge on any atom is 0.0594 e. The first kappa shape index (κ1) is 15.3. The molecule has 2 nitrogen and oxygen atoms in total. The maximum absolute atomic E-state index is 5.38. The highest BCUT2D eigenvalue weighted by molar-refractivity contribution is 5.86. The van der Waals surface area contributed by atoms with E-state index in [4.69, 9.17) is 4.74 Å². The second kappa shape index (κ2) is 7.57. The molecule has 1 fully saturated rings. The third-order valence-corrected chi connectivity index (χ3v) is 4.48. The predicted octanol–water partition coefficient (Wildman–Crippen LogP) is 4.22. The summed E-state index contributed by atoms with van der Waals surface area (Å²) in [6.45, 7) is 7.24. The average molecular weight is 295 g/mol. The molecule has 0 spiro atoms. The first-order chi connectivity index (χ1) is 10.8. The highest BCUT2D eigenvalue weighted by Crippen LogP contribution is 2.27. The Labute approximate surface area is 133 Å². The van der Waals surface area contributed by atoms with Gasteiger partial charge in [-0.05, 0) is 28.7 Å². The smallest absolute Gasteiger partial charge is 0.0594 e. The molecule has 1 heterocycles. The molecular formula is C20H25NO. The number of allylic oxidation sites excluding steroid dienone is 1. The van der Waals surface area contributed by atoms with Crippen molar-refractivity contribution in [2.24, 2.45) is 0 Å². The Morgan fingerprint density at radius 2 is 1.82 bits per heavy atom. The van der Waals surface area contributed by atoms with Gasteiger partial charge in [-0.25, -0.2) is 0 Å². The van der Waals surface area contributed by atoms with E-state index < -0.39 is 0 Å². The quantitative estimate of drug-likeness (QED) is 0.766. The lowest BCUT2D eigenvalue weighted by atomic mass is 9.92. The minimum Gasteiger partial charge on any atom is -0.379 e. The molecule has 0 aliphatic carbocycles. The maximum atomic E-state index is 5.38. The minimum atomic E-state index is 0.548. The van der Waals surface area contributed by atoms with Gasteiger partial charge < -0.3 is 4.74 Å². The van der Waals surface area contributed by atoms with Gasteiger partial charge in [0.25, 0.3) is 0 Å². The van der Waals surface area contributed by atoms with Crippen LogP contribution in [0.3, 0.4) is 0 Å². The van der Waals surface area contributed by atoms with Crippen molar-refractivity contribution in [3.63, 3.8) is 0 Å². The molecule has 3 rings (SSSR count). The van der Waals surface area contributed by atoms with Crippen molar-refractivity contribution in [2.45, 2.75) is 19.3 Å².